The van der Waals surface area contributed by atoms with Gasteiger partial charge in [0.15, 0.2) is 23.3 Å². The van der Waals surface area contributed by atoms with Gasteiger partial charge in [-0.05, 0) is 24.7 Å². The van der Waals surface area contributed by atoms with Crippen molar-refractivity contribution in [3.63, 3.8) is 0 Å². The summed E-state index contributed by atoms with van der Waals surface area (Å²) in [4.78, 5) is 4.85. The normalized spacial score (nSPS) is 11.3. The van der Waals surface area contributed by atoms with Crippen LogP contribution >= 0.6 is 0 Å². The molecule has 0 aliphatic carbocycles. The minimum atomic E-state index is -2.19. The van der Waals surface area contributed by atoms with Crippen LogP contribution in [0.1, 0.15) is 46.1 Å². The molecule has 0 amide bonds. The van der Waals surface area contributed by atoms with Crippen molar-refractivity contribution in [1.82, 2.24) is 0 Å². The van der Waals surface area contributed by atoms with Gasteiger partial charge in [0.1, 0.15) is 6.61 Å². The predicted octanol–water partition coefficient (Wildman–Crippen LogP) is 5.35. The summed E-state index contributed by atoms with van der Waals surface area (Å²) in [5, 5.41) is 3.81. The van der Waals surface area contributed by atoms with Crippen LogP contribution < -0.4 is 0 Å². The van der Waals surface area contributed by atoms with E-state index in [1.807, 2.05) is 27.7 Å². The van der Waals surface area contributed by atoms with E-state index in [-0.39, 0.29) is 0 Å². The second-order valence-electron chi connectivity index (χ2n) is 6.18. The topological polar surface area (TPSA) is 21.6 Å². The summed E-state index contributed by atoms with van der Waals surface area (Å²) in [5.74, 6) is -9.37. The first-order valence-electron chi connectivity index (χ1n) is 7.33. The Hall–Kier alpha value is -1.66. The van der Waals surface area contributed by atoms with E-state index in [1.165, 1.54) is 0 Å². The third-order valence-electron chi connectivity index (χ3n) is 2.99. The Morgan fingerprint density at radius 1 is 0.783 bits per heavy atom. The highest BCUT2D eigenvalue weighted by Gasteiger charge is 2.26. The lowest BCUT2D eigenvalue weighted by Crippen LogP contribution is -2.10. The molecule has 0 N–H and O–H groups in total. The van der Waals surface area contributed by atoms with Crippen LogP contribution in [0.2, 0.25) is 0 Å². The summed E-state index contributed by atoms with van der Waals surface area (Å²) in [6, 6.07) is 0. The Labute approximate surface area is 132 Å². The van der Waals surface area contributed by atoms with Gasteiger partial charge in [0, 0.05) is 0 Å². The monoisotopic (exact) mass is 337 g/mol. The van der Waals surface area contributed by atoms with Crippen molar-refractivity contribution in [3.05, 3.63) is 34.6 Å². The van der Waals surface area contributed by atoms with Crippen LogP contribution in [-0.4, -0.2) is 5.71 Å². The second kappa shape index (κ2) is 8.26. The highest BCUT2D eigenvalue weighted by molar-refractivity contribution is 5.84. The maximum Gasteiger partial charge on any atom is 0.200 e. The smallest absolute Gasteiger partial charge is 0.200 e. The van der Waals surface area contributed by atoms with E-state index in [0.717, 1.165) is 0 Å². The molecule has 1 rings (SSSR count). The van der Waals surface area contributed by atoms with Crippen LogP contribution in [0, 0.1) is 40.9 Å². The maximum absolute atomic E-state index is 13.5. The summed E-state index contributed by atoms with van der Waals surface area (Å²) in [5.41, 5.74) is -0.350. The van der Waals surface area contributed by atoms with E-state index in [4.69, 9.17) is 4.84 Å². The molecule has 0 aromatic heterocycles. The van der Waals surface area contributed by atoms with Gasteiger partial charge in [0.2, 0.25) is 5.82 Å². The molecule has 0 spiro atoms. The van der Waals surface area contributed by atoms with E-state index in [0.29, 0.717) is 30.4 Å². The van der Waals surface area contributed by atoms with Gasteiger partial charge in [-0.1, -0.05) is 32.9 Å². The molecule has 130 valence electrons. The van der Waals surface area contributed by atoms with Gasteiger partial charge in [-0.15, -0.1) is 0 Å². The number of nitrogens with zero attached hydrogens (tertiary/aromatic N) is 1. The molecule has 1 aromatic carbocycles. The summed E-state index contributed by atoms with van der Waals surface area (Å²) in [6.07, 6.45) is 1.24. The first-order chi connectivity index (χ1) is 10.6. The molecule has 0 fully saturated rings. The average Bonchev–Trinajstić information content (AvgIpc) is 2.45. The minimum Gasteiger partial charge on any atom is -0.391 e. The quantitative estimate of drug-likeness (QED) is 0.216. The molecule has 0 heterocycles. The predicted molar refractivity (Wildman–Crippen MR) is 77.4 cm³/mol. The lowest BCUT2D eigenvalue weighted by molar-refractivity contribution is 0.121. The molecule has 0 saturated heterocycles. The van der Waals surface area contributed by atoms with Crippen LogP contribution in [0.25, 0.3) is 0 Å². The van der Waals surface area contributed by atoms with Crippen molar-refractivity contribution < 1.29 is 26.8 Å². The van der Waals surface area contributed by atoms with Crippen molar-refractivity contribution in [3.8, 4) is 0 Å². The Kier molecular flexibility index (Phi) is 6.97. The van der Waals surface area contributed by atoms with Crippen molar-refractivity contribution in [2.75, 3.05) is 0 Å². The molecule has 0 unspecified atom stereocenters. The molecule has 0 aliphatic rings. The van der Waals surface area contributed by atoms with Crippen molar-refractivity contribution >= 4 is 5.71 Å². The fourth-order valence-electron chi connectivity index (χ4n) is 2.07. The van der Waals surface area contributed by atoms with E-state index in [1.54, 1.807) is 0 Å². The highest BCUT2D eigenvalue weighted by Crippen LogP contribution is 2.23. The van der Waals surface area contributed by atoms with Gasteiger partial charge in [0.05, 0.1) is 11.3 Å². The molecule has 1 aromatic rings. The molecular weight excluding hydrogens is 317 g/mol. The van der Waals surface area contributed by atoms with Gasteiger partial charge < -0.3 is 4.84 Å². The molecule has 7 heteroatoms. The van der Waals surface area contributed by atoms with Gasteiger partial charge in [-0.2, -0.15) is 0 Å². The third-order valence-corrected chi connectivity index (χ3v) is 2.99. The van der Waals surface area contributed by atoms with E-state index in [2.05, 4.69) is 5.16 Å². The lowest BCUT2D eigenvalue weighted by atomic mass is 9.99. The first-order valence-corrected chi connectivity index (χ1v) is 7.33. The van der Waals surface area contributed by atoms with Crippen LogP contribution in [0.4, 0.5) is 22.0 Å². The van der Waals surface area contributed by atoms with Crippen molar-refractivity contribution in [2.45, 2.75) is 47.1 Å². The molecule has 0 bridgehead atoms. The fraction of sp³-hybridized carbons (Fsp3) is 0.562. The molecule has 2 nitrogen and oxygen atoms in total. The van der Waals surface area contributed by atoms with Gasteiger partial charge in [-0.25, -0.2) is 22.0 Å². The number of halogens is 5. The van der Waals surface area contributed by atoms with Crippen molar-refractivity contribution in [1.29, 1.82) is 0 Å². The average molecular weight is 337 g/mol. The molecule has 0 atom stereocenters. The van der Waals surface area contributed by atoms with Crippen LogP contribution in [-0.2, 0) is 11.4 Å². The minimum absolute atomic E-state index is 0.297. The van der Waals surface area contributed by atoms with E-state index in [9.17, 15) is 22.0 Å². The van der Waals surface area contributed by atoms with Crippen LogP contribution in [0.3, 0.4) is 0 Å². The Bertz CT molecular complexity index is 543. The molecule has 0 radical (unpaired) electrons. The largest absolute Gasteiger partial charge is 0.391 e. The SMILES string of the molecule is CC(C)CC(CC(C)C)=NOCc1c(F)c(F)c(F)c(F)c1F. The summed E-state index contributed by atoms with van der Waals surface area (Å²) in [6.45, 7) is 7.06. The number of rotatable bonds is 7. The fourth-order valence-corrected chi connectivity index (χ4v) is 2.07. The molecule has 0 saturated carbocycles. The van der Waals surface area contributed by atoms with Gasteiger partial charge >= 0.3 is 0 Å². The Balaban J connectivity index is 2.94. The van der Waals surface area contributed by atoms with E-state index >= 15 is 0 Å². The summed E-state index contributed by atoms with van der Waals surface area (Å²) >= 11 is 0. The second-order valence-corrected chi connectivity index (χ2v) is 6.18. The molecule has 23 heavy (non-hydrogen) atoms. The van der Waals surface area contributed by atoms with Crippen molar-refractivity contribution in [2.24, 2.45) is 17.0 Å². The standard InChI is InChI=1S/C16H20F5NO/c1-8(2)5-10(6-9(3)4)22-23-7-11-12(17)14(19)16(21)15(20)13(11)18/h8-9H,5-7H2,1-4H3. The number of oxime groups is 1. The van der Waals surface area contributed by atoms with Crippen LogP contribution in [0.5, 0.6) is 0 Å². The van der Waals surface area contributed by atoms with E-state index < -0.39 is 41.3 Å². The zero-order chi connectivity index (χ0) is 17.7. The zero-order valence-corrected chi connectivity index (χ0v) is 13.5. The third kappa shape index (κ3) is 5.18. The Morgan fingerprint density at radius 3 is 1.57 bits per heavy atom. The molecular formula is C16H20F5NO. The van der Waals surface area contributed by atoms with Gasteiger partial charge in [-0.3, -0.25) is 0 Å². The summed E-state index contributed by atoms with van der Waals surface area (Å²) < 4.78 is 66.1. The summed E-state index contributed by atoms with van der Waals surface area (Å²) in [7, 11) is 0. The zero-order valence-electron chi connectivity index (χ0n) is 13.5. The van der Waals surface area contributed by atoms with Crippen LogP contribution in [0.15, 0.2) is 5.16 Å². The number of benzene rings is 1. The molecule has 0 aliphatic heterocycles. The lowest BCUT2D eigenvalue weighted by Gasteiger charge is -2.12. The Morgan fingerprint density at radius 2 is 1.17 bits per heavy atom. The number of hydrogen-bond acceptors (Lipinski definition) is 2. The first kappa shape index (κ1) is 19.4. The highest BCUT2D eigenvalue weighted by atomic mass is 19.2. The van der Waals surface area contributed by atoms with Gasteiger partial charge in [0.25, 0.3) is 0 Å². The number of hydrogen-bond donors (Lipinski definition) is 0. The maximum atomic E-state index is 13.5.